The van der Waals surface area contributed by atoms with Gasteiger partial charge >= 0.3 is 0 Å². The van der Waals surface area contributed by atoms with E-state index in [1.165, 1.54) is 11.1 Å². The minimum atomic E-state index is 0.141. The highest BCUT2D eigenvalue weighted by molar-refractivity contribution is 5.79. The van der Waals surface area contributed by atoms with E-state index in [1.54, 1.807) is 6.20 Å². The Balaban J connectivity index is 1.57. The van der Waals surface area contributed by atoms with Gasteiger partial charge in [0.15, 0.2) is 0 Å². The number of furan rings is 1. The van der Waals surface area contributed by atoms with Gasteiger partial charge in [-0.3, -0.25) is 4.98 Å². The number of hydrogen-bond donors (Lipinski definition) is 2. The van der Waals surface area contributed by atoms with Crippen LogP contribution in [0.25, 0.3) is 11.0 Å². The van der Waals surface area contributed by atoms with Crippen LogP contribution in [0.5, 0.6) is 0 Å². The summed E-state index contributed by atoms with van der Waals surface area (Å²) in [4.78, 5) is 4.32. The zero-order valence-electron chi connectivity index (χ0n) is 14.2. The molecule has 0 saturated carbocycles. The number of hydrogen-bond acceptors (Lipinski definition) is 4. The monoisotopic (exact) mass is 324 g/mol. The molecule has 24 heavy (non-hydrogen) atoms. The van der Waals surface area contributed by atoms with Crippen LogP contribution in [-0.4, -0.2) is 23.2 Å². The number of benzene rings is 1. The predicted molar refractivity (Wildman–Crippen MR) is 95.9 cm³/mol. The van der Waals surface area contributed by atoms with Crippen molar-refractivity contribution in [2.45, 2.75) is 26.8 Å². The van der Waals surface area contributed by atoms with E-state index in [2.05, 4.69) is 42.3 Å². The van der Waals surface area contributed by atoms with E-state index in [0.717, 1.165) is 35.4 Å². The molecule has 1 aromatic carbocycles. The maximum atomic E-state index is 9.57. The van der Waals surface area contributed by atoms with Crippen LogP contribution in [0, 0.1) is 19.8 Å². The Hall–Kier alpha value is -2.17. The van der Waals surface area contributed by atoms with Crippen molar-refractivity contribution < 1.29 is 9.52 Å². The Labute approximate surface area is 142 Å². The Morgan fingerprint density at radius 2 is 2.00 bits per heavy atom. The highest BCUT2D eigenvalue weighted by Crippen LogP contribution is 2.23. The van der Waals surface area contributed by atoms with Crippen LogP contribution in [0.4, 0.5) is 0 Å². The van der Waals surface area contributed by atoms with Gasteiger partial charge in [-0.2, -0.15) is 0 Å². The van der Waals surface area contributed by atoms with Crippen LogP contribution >= 0.6 is 0 Å². The van der Waals surface area contributed by atoms with Gasteiger partial charge in [-0.15, -0.1) is 0 Å². The third-order valence-corrected chi connectivity index (χ3v) is 4.40. The number of fused-ring (bicyclic) bond motifs is 1. The number of aliphatic hydroxyl groups is 1. The molecule has 0 radical (unpaired) electrons. The van der Waals surface area contributed by atoms with Gasteiger partial charge in [0.2, 0.25) is 0 Å². The summed E-state index contributed by atoms with van der Waals surface area (Å²) in [5.41, 5.74) is 4.46. The SMILES string of the molecule is Cc1cc2cc(CNCC(CO)Cc3ccccn3)oc2cc1C. The average molecular weight is 324 g/mol. The molecule has 0 bridgehead atoms. The van der Waals surface area contributed by atoms with Crippen molar-refractivity contribution in [3.05, 3.63) is 65.2 Å². The molecule has 1 unspecified atom stereocenters. The zero-order chi connectivity index (χ0) is 16.9. The normalized spacial score (nSPS) is 12.6. The van der Waals surface area contributed by atoms with Crippen molar-refractivity contribution in [2.24, 2.45) is 5.92 Å². The Bertz CT molecular complexity index is 757. The second kappa shape index (κ2) is 7.60. The summed E-state index contributed by atoms with van der Waals surface area (Å²) in [7, 11) is 0. The van der Waals surface area contributed by atoms with Gasteiger partial charge in [-0.25, -0.2) is 0 Å². The highest BCUT2D eigenvalue weighted by Gasteiger charge is 2.10. The van der Waals surface area contributed by atoms with E-state index in [9.17, 15) is 5.11 Å². The van der Waals surface area contributed by atoms with Gasteiger partial charge in [0.1, 0.15) is 11.3 Å². The molecule has 0 saturated heterocycles. The minimum absolute atomic E-state index is 0.141. The molecule has 4 heteroatoms. The van der Waals surface area contributed by atoms with Gasteiger partial charge in [-0.05, 0) is 67.6 Å². The van der Waals surface area contributed by atoms with Gasteiger partial charge in [0, 0.05) is 30.4 Å². The van der Waals surface area contributed by atoms with E-state index < -0.39 is 0 Å². The van der Waals surface area contributed by atoms with E-state index in [-0.39, 0.29) is 12.5 Å². The zero-order valence-corrected chi connectivity index (χ0v) is 14.2. The van der Waals surface area contributed by atoms with Crippen molar-refractivity contribution in [2.75, 3.05) is 13.2 Å². The van der Waals surface area contributed by atoms with Crippen LogP contribution in [0.2, 0.25) is 0 Å². The van der Waals surface area contributed by atoms with E-state index in [4.69, 9.17) is 4.42 Å². The van der Waals surface area contributed by atoms with Crippen LogP contribution in [0.15, 0.2) is 47.0 Å². The topological polar surface area (TPSA) is 58.3 Å². The van der Waals surface area contributed by atoms with Gasteiger partial charge in [0.25, 0.3) is 0 Å². The number of nitrogens with one attached hydrogen (secondary N) is 1. The third kappa shape index (κ3) is 4.02. The first kappa shape index (κ1) is 16.7. The minimum Gasteiger partial charge on any atom is -0.460 e. The molecule has 3 rings (SSSR count). The molecule has 4 nitrogen and oxygen atoms in total. The lowest BCUT2D eigenvalue weighted by molar-refractivity contribution is 0.220. The van der Waals surface area contributed by atoms with Crippen LogP contribution < -0.4 is 5.32 Å². The molecule has 0 aliphatic carbocycles. The summed E-state index contributed by atoms with van der Waals surface area (Å²) in [6.45, 7) is 5.73. The smallest absolute Gasteiger partial charge is 0.134 e. The summed E-state index contributed by atoms with van der Waals surface area (Å²) in [5, 5.41) is 14.1. The van der Waals surface area contributed by atoms with Crippen molar-refractivity contribution in [3.63, 3.8) is 0 Å². The summed E-state index contributed by atoms with van der Waals surface area (Å²) in [6.07, 6.45) is 2.55. The highest BCUT2D eigenvalue weighted by atomic mass is 16.3. The predicted octanol–water partition coefficient (Wildman–Crippen LogP) is 3.39. The first-order valence-corrected chi connectivity index (χ1v) is 8.37. The molecule has 0 spiro atoms. The van der Waals surface area contributed by atoms with Crippen molar-refractivity contribution in [1.29, 1.82) is 0 Å². The molecule has 3 aromatic rings. The second-order valence-corrected chi connectivity index (χ2v) is 6.39. The standard InChI is InChI=1S/C20H24N2O2/c1-14-7-17-10-19(24-20(17)8-15(14)2)12-21-11-16(13-23)9-18-5-3-4-6-22-18/h3-8,10,16,21,23H,9,11-13H2,1-2H3. The molecule has 0 aliphatic heterocycles. The molecule has 2 N–H and O–H groups in total. The summed E-state index contributed by atoms with van der Waals surface area (Å²) in [6, 6.07) is 12.2. The summed E-state index contributed by atoms with van der Waals surface area (Å²) in [5.74, 6) is 1.07. The molecule has 0 amide bonds. The lowest BCUT2D eigenvalue weighted by atomic mass is 10.0. The number of rotatable bonds is 7. The van der Waals surface area contributed by atoms with Gasteiger partial charge in [-0.1, -0.05) is 6.07 Å². The molecular weight excluding hydrogens is 300 g/mol. The fraction of sp³-hybridized carbons (Fsp3) is 0.350. The molecule has 126 valence electrons. The van der Waals surface area contributed by atoms with Gasteiger partial charge < -0.3 is 14.8 Å². The maximum Gasteiger partial charge on any atom is 0.134 e. The lowest BCUT2D eigenvalue weighted by Gasteiger charge is -2.14. The average Bonchev–Trinajstić information content (AvgIpc) is 2.96. The number of aliphatic hydroxyl groups excluding tert-OH is 1. The Morgan fingerprint density at radius 1 is 1.17 bits per heavy atom. The first-order valence-electron chi connectivity index (χ1n) is 8.37. The maximum absolute atomic E-state index is 9.57. The quantitative estimate of drug-likeness (QED) is 0.699. The van der Waals surface area contributed by atoms with Crippen molar-refractivity contribution in [3.8, 4) is 0 Å². The molecule has 2 heterocycles. The largest absolute Gasteiger partial charge is 0.460 e. The molecule has 1 atom stereocenters. The molecule has 2 aromatic heterocycles. The fourth-order valence-electron chi connectivity index (χ4n) is 2.86. The molecule has 0 fully saturated rings. The Morgan fingerprint density at radius 3 is 2.75 bits per heavy atom. The lowest BCUT2D eigenvalue weighted by Crippen LogP contribution is -2.26. The van der Waals surface area contributed by atoms with E-state index in [0.29, 0.717) is 6.54 Å². The number of aryl methyl sites for hydroxylation is 2. The van der Waals surface area contributed by atoms with Crippen LogP contribution in [0.3, 0.4) is 0 Å². The number of aromatic nitrogens is 1. The van der Waals surface area contributed by atoms with Crippen LogP contribution in [0.1, 0.15) is 22.6 Å². The van der Waals surface area contributed by atoms with Crippen molar-refractivity contribution >= 4 is 11.0 Å². The molecular formula is C20H24N2O2. The second-order valence-electron chi connectivity index (χ2n) is 6.39. The van der Waals surface area contributed by atoms with Gasteiger partial charge in [0.05, 0.1) is 6.54 Å². The number of nitrogens with zero attached hydrogens (tertiary/aromatic N) is 1. The summed E-state index contributed by atoms with van der Waals surface area (Å²) >= 11 is 0. The number of pyridine rings is 1. The first-order chi connectivity index (χ1) is 11.7. The van der Waals surface area contributed by atoms with E-state index >= 15 is 0 Å². The fourth-order valence-corrected chi connectivity index (χ4v) is 2.86. The van der Waals surface area contributed by atoms with Crippen LogP contribution in [-0.2, 0) is 13.0 Å². The van der Waals surface area contributed by atoms with E-state index in [1.807, 2.05) is 18.2 Å². The summed E-state index contributed by atoms with van der Waals surface area (Å²) < 4.78 is 5.90. The molecule has 0 aliphatic rings. The van der Waals surface area contributed by atoms with Crippen molar-refractivity contribution in [1.82, 2.24) is 10.3 Å². The Kier molecular flexibility index (Phi) is 5.28. The third-order valence-electron chi connectivity index (χ3n) is 4.40.